The highest BCUT2D eigenvalue weighted by molar-refractivity contribution is 9.10. The van der Waals surface area contributed by atoms with E-state index in [0.717, 1.165) is 0 Å². The number of hydrogen-bond acceptors (Lipinski definition) is 6. The molecule has 3 rings (SSSR count). The van der Waals surface area contributed by atoms with Crippen molar-refractivity contribution < 1.29 is 28.5 Å². The highest BCUT2D eigenvalue weighted by Gasteiger charge is 2.24. The second-order valence-corrected chi connectivity index (χ2v) is 7.86. The molecule has 0 fully saturated rings. The van der Waals surface area contributed by atoms with Crippen LogP contribution in [0.1, 0.15) is 27.6 Å². The molecule has 0 saturated heterocycles. The molecule has 0 unspecified atom stereocenters. The Morgan fingerprint density at radius 3 is 2.03 bits per heavy atom. The van der Waals surface area contributed by atoms with Crippen molar-refractivity contribution in [2.24, 2.45) is 0 Å². The van der Waals surface area contributed by atoms with Gasteiger partial charge in [0.05, 0.1) is 27.0 Å². The zero-order chi connectivity index (χ0) is 24.0. The Bertz CT molecular complexity index is 1120. The summed E-state index contributed by atoms with van der Waals surface area (Å²) in [4.78, 5) is 26.5. The van der Waals surface area contributed by atoms with Crippen LogP contribution in [0, 0.1) is 0 Å². The van der Waals surface area contributed by atoms with E-state index in [9.17, 15) is 9.59 Å². The molecule has 0 bridgehead atoms. The lowest BCUT2D eigenvalue weighted by atomic mass is 10.00. The van der Waals surface area contributed by atoms with Gasteiger partial charge in [0.15, 0.2) is 23.4 Å². The second-order valence-electron chi connectivity index (χ2n) is 6.95. The number of carbonyl (C=O) groups is 2. The van der Waals surface area contributed by atoms with Crippen LogP contribution in [0.2, 0.25) is 0 Å². The predicted octanol–water partition coefficient (Wildman–Crippen LogP) is 5.03. The summed E-state index contributed by atoms with van der Waals surface area (Å²) in [6.45, 7) is 0. The number of halogens is 1. The van der Waals surface area contributed by atoms with E-state index in [2.05, 4.69) is 21.2 Å². The topological polar surface area (TPSA) is 83.1 Å². The zero-order valence-corrected chi connectivity index (χ0v) is 20.3. The predicted molar refractivity (Wildman–Crippen MR) is 128 cm³/mol. The summed E-state index contributed by atoms with van der Waals surface area (Å²) in [5.41, 5.74) is 1.64. The number of nitrogens with one attached hydrogen (secondary N) is 1. The average molecular weight is 514 g/mol. The summed E-state index contributed by atoms with van der Waals surface area (Å²) in [5.74, 6) is 0.350. The first kappa shape index (κ1) is 24.3. The smallest absolute Gasteiger partial charge is 0.258 e. The molecule has 8 heteroatoms. The van der Waals surface area contributed by atoms with Crippen LogP contribution in [0.3, 0.4) is 0 Å². The molecular formula is C25H24BrNO6. The molecule has 1 N–H and O–H groups in total. The third kappa shape index (κ3) is 5.35. The maximum absolute atomic E-state index is 13.5. The first-order valence-corrected chi connectivity index (χ1v) is 10.8. The van der Waals surface area contributed by atoms with Crippen LogP contribution >= 0.6 is 15.9 Å². The van der Waals surface area contributed by atoms with Crippen molar-refractivity contribution >= 4 is 33.3 Å². The van der Waals surface area contributed by atoms with Crippen LogP contribution in [0.4, 0.5) is 5.69 Å². The number of anilines is 1. The van der Waals surface area contributed by atoms with Crippen molar-refractivity contribution in [2.45, 2.75) is 6.10 Å². The van der Waals surface area contributed by atoms with Crippen LogP contribution < -0.4 is 19.5 Å². The lowest BCUT2D eigenvalue weighted by Gasteiger charge is -2.18. The van der Waals surface area contributed by atoms with Crippen molar-refractivity contribution in [3.63, 3.8) is 0 Å². The molecule has 0 radical (unpaired) electrons. The maximum atomic E-state index is 13.5. The van der Waals surface area contributed by atoms with E-state index in [0.29, 0.717) is 38.5 Å². The van der Waals surface area contributed by atoms with Gasteiger partial charge in [0.2, 0.25) is 5.75 Å². The minimum absolute atomic E-state index is 0.287. The zero-order valence-electron chi connectivity index (χ0n) is 18.7. The average Bonchev–Trinajstić information content (AvgIpc) is 2.84. The quantitative estimate of drug-likeness (QED) is 0.404. The number of methoxy groups -OCH3 is 4. The van der Waals surface area contributed by atoms with E-state index < -0.39 is 12.0 Å². The molecule has 7 nitrogen and oxygen atoms in total. The molecule has 0 aromatic heterocycles. The minimum atomic E-state index is -0.834. The van der Waals surface area contributed by atoms with Crippen molar-refractivity contribution in [2.75, 3.05) is 33.8 Å². The maximum Gasteiger partial charge on any atom is 0.258 e. The standard InChI is InChI=1S/C25H24BrNO6/c1-30-20-12-16(13-21(31-2)24(20)33-4)22(28)18-14-17(26)10-11-19(18)27-25(29)23(32-3)15-8-6-5-7-9-15/h5-14,23H,1-4H3,(H,27,29)/t23-/m0/s1. The Morgan fingerprint density at radius 2 is 1.48 bits per heavy atom. The van der Waals surface area contributed by atoms with Crippen LogP contribution in [0.25, 0.3) is 0 Å². The van der Waals surface area contributed by atoms with Gasteiger partial charge >= 0.3 is 0 Å². The molecule has 172 valence electrons. The minimum Gasteiger partial charge on any atom is -0.493 e. The van der Waals surface area contributed by atoms with Gasteiger partial charge in [0.1, 0.15) is 0 Å². The Hall–Kier alpha value is -3.36. The van der Waals surface area contributed by atoms with Gasteiger partial charge < -0.3 is 24.3 Å². The van der Waals surface area contributed by atoms with Crippen molar-refractivity contribution in [3.05, 3.63) is 81.8 Å². The SMILES string of the molecule is COc1cc(C(=O)c2cc(Br)ccc2NC(=O)[C@@H](OC)c2ccccc2)cc(OC)c1OC. The Morgan fingerprint density at radius 1 is 0.848 bits per heavy atom. The van der Waals surface area contributed by atoms with Gasteiger partial charge in [-0.15, -0.1) is 0 Å². The van der Waals surface area contributed by atoms with E-state index in [-0.39, 0.29) is 11.3 Å². The lowest BCUT2D eigenvalue weighted by molar-refractivity contribution is -0.126. The number of carbonyl (C=O) groups excluding carboxylic acids is 2. The summed E-state index contributed by atoms with van der Waals surface area (Å²) in [5, 5.41) is 2.82. The van der Waals surface area contributed by atoms with E-state index in [1.54, 1.807) is 42.5 Å². The molecule has 3 aromatic rings. The Balaban J connectivity index is 1.99. The molecule has 3 aromatic carbocycles. The molecule has 0 aliphatic heterocycles. The number of hydrogen-bond donors (Lipinski definition) is 1. The Labute approximate surface area is 200 Å². The van der Waals surface area contributed by atoms with E-state index in [1.807, 2.05) is 18.2 Å². The third-order valence-electron chi connectivity index (χ3n) is 4.99. The monoisotopic (exact) mass is 513 g/mol. The largest absolute Gasteiger partial charge is 0.493 e. The molecule has 33 heavy (non-hydrogen) atoms. The molecule has 0 aliphatic carbocycles. The third-order valence-corrected chi connectivity index (χ3v) is 5.48. The molecule has 0 aliphatic rings. The fourth-order valence-electron chi connectivity index (χ4n) is 3.40. The van der Waals surface area contributed by atoms with E-state index in [4.69, 9.17) is 18.9 Å². The Kier molecular flexibility index (Phi) is 8.08. The van der Waals surface area contributed by atoms with Gasteiger partial charge in [0.25, 0.3) is 5.91 Å². The summed E-state index contributed by atoms with van der Waals surface area (Å²) in [6, 6.07) is 17.3. The van der Waals surface area contributed by atoms with Crippen molar-refractivity contribution in [3.8, 4) is 17.2 Å². The van der Waals surface area contributed by atoms with Crippen molar-refractivity contribution in [1.29, 1.82) is 0 Å². The normalized spacial score (nSPS) is 11.4. The van der Waals surface area contributed by atoms with Crippen LogP contribution in [-0.4, -0.2) is 40.1 Å². The highest BCUT2D eigenvalue weighted by Crippen LogP contribution is 2.39. The van der Waals surface area contributed by atoms with Gasteiger partial charge in [0, 0.05) is 22.7 Å². The first-order chi connectivity index (χ1) is 15.9. The van der Waals surface area contributed by atoms with Crippen molar-refractivity contribution in [1.82, 2.24) is 0 Å². The highest BCUT2D eigenvalue weighted by atomic mass is 79.9. The van der Waals surface area contributed by atoms with Crippen LogP contribution in [0.15, 0.2) is 65.1 Å². The number of ether oxygens (including phenoxy) is 4. The number of ketones is 1. The van der Waals surface area contributed by atoms with Crippen LogP contribution in [0.5, 0.6) is 17.2 Å². The van der Waals surface area contributed by atoms with Gasteiger partial charge in [-0.3, -0.25) is 9.59 Å². The molecule has 1 amide bonds. The lowest BCUT2D eigenvalue weighted by Crippen LogP contribution is -2.23. The number of rotatable bonds is 9. The molecule has 0 saturated carbocycles. The van der Waals surface area contributed by atoms with Crippen LogP contribution in [-0.2, 0) is 9.53 Å². The molecule has 1 atom stereocenters. The van der Waals surface area contributed by atoms with Gasteiger partial charge in [-0.1, -0.05) is 46.3 Å². The summed E-state index contributed by atoms with van der Waals surface area (Å²) < 4.78 is 22.2. The van der Waals surface area contributed by atoms with E-state index in [1.165, 1.54) is 28.4 Å². The summed E-state index contributed by atoms with van der Waals surface area (Å²) in [7, 11) is 5.90. The molecular weight excluding hydrogens is 490 g/mol. The number of benzene rings is 3. The van der Waals surface area contributed by atoms with Gasteiger partial charge in [-0.2, -0.15) is 0 Å². The summed E-state index contributed by atoms with van der Waals surface area (Å²) in [6.07, 6.45) is -0.834. The number of amides is 1. The van der Waals surface area contributed by atoms with Gasteiger partial charge in [-0.25, -0.2) is 0 Å². The first-order valence-electron chi connectivity index (χ1n) is 9.96. The second kappa shape index (κ2) is 11.0. The molecule has 0 heterocycles. The molecule has 0 spiro atoms. The van der Waals surface area contributed by atoms with Gasteiger partial charge in [-0.05, 0) is 35.9 Å². The van der Waals surface area contributed by atoms with E-state index >= 15 is 0 Å². The summed E-state index contributed by atoms with van der Waals surface area (Å²) >= 11 is 3.40. The fourth-order valence-corrected chi connectivity index (χ4v) is 3.76. The fraction of sp³-hybridized carbons (Fsp3) is 0.200.